The van der Waals surface area contributed by atoms with Crippen LogP contribution in [0.5, 0.6) is 0 Å². The second-order valence-corrected chi connectivity index (χ2v) is 8.58. The third-order valence-corrected chi connectivity index (χ3v) is 6.64. The van der Waals surface area contributed by atoms with Gasteiger partial charge in [0.25, 0.3) is 5.91 Å². The molecule has 1 fully saturated rings. The number of amides is 1. The summed E-state index contributed by atoms with van der Waals surface area (Å²) < 4.78 is 37.2. The van der Waals surface area contributed by atoms with Gasteiger partial charge in [0.15, 0.2) is 11.5 Å². The third kappa shape index (κ3) is 3.56. The van der Waals surface area contributed by atoms with Crippen LogP contribution in [0.2, 0.25) is 5.02 Å². The molecule has 0 N–H and O–H groups in total. The lowest BCUT2D eigenvalue weighted by Gasteiger charge is -2.33. The van der Waals surface area contributed by atoms with Crippen LogP contribution in [0.25, 0.3) is 11.5 Å². The van der Waals surface area contributed by atoms with E-state index in [2.05, 4.69) is 5.16 Å². The maximum Gasteiger partial charge on any atom is 0.276 e. The Morgan fingerprint density at radius 1 is 1.04 bits per heavy atom. The molecule has 0 saturated carbocycles. The van der Waals surface area contributed by atoms with Crippen LogP contribution in [0.1, 0.15) is 10.5 Å². The first-order valence-corrected chi connectivity index (χ1v) is 10.3. The number of hydrogen-bond acceptors (Lipinski definition) is 6. The quantitative estimate of drug-likeness (QED) is 0.642. The fraction of sp³-hybridized carbons (Fsp3) is 0.222. The van der Waals surface area contributed by atoms with Crippen LogP contribution in [-0.4, -0.2) is 54.9 Å². The Kier molecular flexibility index (Phi) is 4.96. The predicted molar refractivity (Wildman–Crippen MR) is 100 cm³/mol. The van der Waals surface area contributed by atoms with Gasteiger partial charge in [0.05, 0.1) is 11.2 Å². The lowest BCUT2D eigenvalue weighted by molar-refractivity contribution is 0.0687. The number of furan rings is 1. The summed E-state index contributed by atoms with van der Waals surface area (Å²) >= 11 is 5.82. The average Bonchev–Trinajstić information content (AvgIpc) is 3.39. The molecule has 1 aliphatic rings. The number of carbonyl (C=O) groups is 1. The van der Waals surface area contributed by atoms with Crippen molar-refractivity contribution in [3.8, 4) is 11.5 Å². The van der Waals surface area contributed by atoms with Crippen molar-refractivity contribution < 1.29 is 22.2 Å². The SMILES string of the molecule is O=C(c1cc(-c2ccco2)on1)N1CCN(S(=O)(=O)c2ccc(Cl)cc2)CC1. The average molecular weight is 422 g/mol. The minimum atomic E-state index is -3.63. The molecule has 0 spiro atoms. The molecule has 1 aliphatic heterocycles. The number of piperazine rings is 1. The summed E-state index contributed by atoms with van der Waals surface area (Å²) in [4.78, 5) is 14.4. The van der Waals surface area contributed by atoms with E-state index in [1.165, 1.54) is 40.9 Å². The zero-order valence-corrected chi connectivity index (χ0v) is 16.2. The molecule has 3 heterocycles. The van der Waals surface area contributed by atoms with E-state index in [0.717, 1.165) is 0 Å². The van der Waals surface area contributed by atoms with Crippen LogP contribution < -0.4 is 0 Å². The molecule has 8 nitrogen and oxygen atoms in total. The molecule has 0 aliphatic carbocycles. The topological polar surface area (TPSA) is 96.9 Å². The smallest absolute Gasteiger partial charge is 0.276 e. The van der Waals surface area contributed by atoms with Crippen molar-refractivity contribution >= 4 is 27.5 Å². The number of aromatic nitrogens is 1. The van der Waals surface area contributed by atoms with E-state index in [0.29, 0.717) is 16.5 Å². The molecule has 4 rings (SSSR count). The highest BCUT2D eigenvalue weighted by Crippen LogP contribution is 2.23. The van der Waals surface area contributed by atoms with E-state index in [9.17, 15) is 13.2 Å². The Morgan fingerprint density at radius 3 is 2.39 bits per heavy atom. The van der Waals surface area contributed by atoms with E-state index in [-0.39, 0.29) is 42.7 Å². The van der Waals surface area contributed by atoms with Crippen molar-refractivity contribution in [2.24, 2.45) is 0 Å². The summed E-state index contributed by atoms with van der Waals surface area (Å²) in [5.74, 6) is 0.521. The van der Waals surface area contributed by atoms with E-state index < -0.39 is 10.0 Å². The first kappa shape index (κ1) is 18.7. The van der Waals surface area contributed by atoms with Gasteiger partial charge in [-0.1, -0.05) is 16.8 Å². The second-order valence-electron chi connectivity index (χ2n) is 6.20. The summed E-state index contributed by atoms with van der Waals surface area (Å²) in [6.45, 7) is 0.905. The molecule has 1 amide bonds. The fourth-order valence-electron chi connectivity index (χ4n) is 2.96. The maximum atomic E-state index is 12.7. The van der Waals surface area contributed by atoms with Crippen molar-refractivity contribution in [3.63, 3.8) is 0 Å². The Labute approximate surface area is 166 Å². The molecule has 28 heavy (non-hydrogen) atoms. The Bertz CT molecular complexity index is 1070. The number of sulfonamides is 1. The van der Waals surface area contributed by atoms with Gasteiger partial charge in [-0.05, 0) is 36.4 Å². The van der Waals surface area contributed by atoms with Crippen LogP contribution in [0.3, 0.4) is 0 Å². The highest BCUT2D eigenvalue weighted by molar-refractivity contribution is 7.89. The van der Waals surface area contributed by atoms with Crippen molar-refractivity contribution in [3.05, 3.63) is 59.4 Å². The molecule has 1 saturated heterocycles. The van der Waals surface area contributed by atoms with E-state index >= 15 is 0 Å². The zero-order valence-electron chi connectivity index (χ0n) is 14.6. The maximum absolute atomic E-state index is 12.7. The van der Waals surface area contributed by atoms with Crippen molar-refractivity contribution in [2.45, 2.75) is 4.90 Å². The fourth-order valence-corrected chi connectivity index (χ4v) is 4.51. The van der Waals surface area contributed by atoms with E-state index in [1.807, 2.05) is 0 Å². The predicted octanol–water partition coefficient (Wildman–Crippen LogP) is 2.73. The normalized spacial score (nSPS) is 15.7. The van der Waals surface area contributed by atoms with Crippen LogP contribution in [0.15, 0.2) is 62.6 Å². The van der Waals surface area contributed by atoms with Gasteiger partial charge in [-0.15, -0.1) is 0 Å². The Balaban J connectivity index is 1.42. The van der Waals surface area contributed by atoms with Gasteiger partial charge in [0, 0.05) is 37.3 Å². The van der Waals surface area contributed by atoms with E-state index in [4.69, 9.17) is 20.5 Å². The van der Waals surface area contributed by atoms with Crippen molar-refractivity contribution in [1.29, 1.82) is 0 Å². The number of hydrogen-bond donors (Lipinski definition) is 0. The molecule has 2 aromatic heterocycles. The van der Waals surface area contributed by atoms with Crippen LogP contribution in [-0.2, 0) is 10.0 Å². The third-order valence-electron chi connectivity index (χ3n) is 4.47. The Hall–Kier alpha value is -2.62. The molecule has 0 atom stereocenters. The molecule has 0 unspecified atom stereocenters. The number of carbonyl (C=O) groups excluding carboxylic acids is 1. The first-order valence-electron chi connectivity index (χ1n) is 8.51. The molecule has 146 valence electrons. The van der Waals surface area contributed by atoms with Gasteiger partial charge in [0.2, 0.25) is 15.8 Å². The largest absolute Gasteiger partial charge is 0.461 e. The van der Waals surface area contributed by atoms with Crippen LogP contribution in [0, 0.1) is 0 Å². The van der Waals surface area contributed by atoms with Crippen molar-refractivity contribution in [2.75, 3.05) is 26.2 Å². The molecule has 3 aromatic rings. The highest BCUT2D eigenvalue weighted by Gasteiger charge is 2.31. The number of rotatable bonds is 4. The van der Waals surface area contributed by atoms with Crippen LogP contribution in [0.4, 0.5) is 0 Å². The van der Waals surface area contributed by atoms with Gasteiger partial charge in [0.1, 0.15) is 0 Å². The minimum absolute atomic E-state index is 0.153. The minimum Gasteiger partial charge on any atom is -0.461 e. The zero-order chi connectivity index (χ0) is 19.7. The molecular formula is C18H16ClN3O5S. The number of halogens is 1. The van der Waals surface area contributed by atoms with Crippen LogP contribution >= 0.6 is 11.6 Å². The summed E-state index contributed by atoms with van der Waals surface area (Å²) in [5, 5.41) is 4.27. The monoisotopic (exact) mass is 421 g/mol. The molecule has 10 heteroatoms. The molecule has 0 radical (unpaired) electrons. The summed E-state index contributed by atoms with van der Waals surface area (Å²) in [6, 6.07) is 10.9. The van der Waals surface area contributed by atoms with Gasteiger partial charge in [-0.3, -0.25) is 4.79 Å². The number of benzene rings is 1. The first-order chi connectivity index (χ1) is 13.4. The Morgan fingerprint density at radius 2 is 1.75 bits per heavy atom. The van der Waals surface area contributed by atoms with E-state index in [1.54, 1.807) is 17.0 Å². The molecule has 0 bridgehead atoms. The molecule has 1 aromatic carbocycles. The lowest BCUT2D eigenvalue weighted by atomic mass is 10.2. The highest BCUT2D eigenvalue weighted by atomic mass is 35.5. The van der Waals surface area contributed by atoms with Gasteiger partial charge >= 0.3 is 0 Å². The van der Waals surface area contributed by atoms with Gasteiger partial charge < -0.3 is 13.8 Å². The van der Waals surface area contributed by atoms with Crippen molar-refractivity contribution in [1.82, 2.24) is 14.4 Å². The summed E-state index contributed by atoms with van der Waals surface area (Å²) in [7, 11) is -3.63. The summed E-state index contributed by atoms with van der Waals surface area (Å²) in [5.41, 5.74) is 0.153. The molecular weight excluding hydrogens is 406 g/mol. The lowest BCUT2D eigenvalue weighted by Crippen LogP contribution is -2.50. The van der Waals surface area contributed by atoms with Gasteiger partial charge in [-0.25, -0.2) is 8.42 Å². The second kappa shape index (κ2) is 7.42. The summed E-state index contributed by atoms with van der Waals surface area (Å²) in [6.07, 6.45) is 1.50. The van der Waals surface area contributed by atoms with Gasteiger partial charge in [-0.2, -0.15) is 4.31 Å². The standard InChI is InChI=1S/C18H16ClN3O5S/c19-13-3-5-14(6-4-13)28(24,25)22-9-7-21(8-10-22)18(23)15-12-17(27-20-15)16-2-1-11-26-16/h1-6,11-12H,7-10H2. The number of nitrogens with zero attached hydrogens (tertiary/aromatic N) is 3.